The van der Waals surface area contributed by atoms with E-state index in [1.807, 2.05) is 56.7 Å². The molecule has 0 N–H and O–H groups in total. The van der Waals surface area contributed by atoms with E-state index in [1.165, 1.54) is 70.3 Å². The number of thiophene rings is 5. The van der Waals surface area contributed by atoms with Crippen LogP contribution in [0.1, 0.15) is 29.3 Å². The molecule has 0 nitrogen and oxygen atoms in total. The molecule has 0 fully saturated rings. The maximum atomic E-state index is 2.33. The second-order valence-corrected chi connectivity index (χ2v) is 15.3. The van der Waals surface area contributed by atoms with Gasteiger partial charge in [-0.05, 0) is 73.5 Å². The lowest BCUT2D eigenvalue weighted by Crippen LogP contribution is -1.84. The van der Waals surface area contributed by atoms with Crippen molar-refractivity contribution < 1.29 is 0 Å². The first kappa shape index (κ1) is 24.9. The maximum absolute atomic E-state index is 2.33. The second kappa shape index (κ2) is 10.5. The van der Waals surface area contributed by atoms with Gasteiger partial charge >= 0.3 is 0 Å². The summed E-state index contributed by atoms with van der Waals surface area (Å²) in [6.45, 7) is 4.37. The van der Waals surface area contributed by atoms with Crippen LogP contribution in [0.3, 0.4) is 0 Å². The largest absolute Gasteiger partial charge is 0.140 e. The molecule has 0 saturated carbocycles. The number of hydrogen-bond donors (Lipinski definition) is 0. The van der Waals surface area contributed by atoms with Crippen molar-refractivity contribution in [1.82, 2.24) is 0 Å². The average Bonchev–Trinajstić information content (AvgIpc) is 3.73. The SMILES string of the molecule is Cc1cc2sc(/C=C/c3sc(/C=C/c4cc5sc(C)cc5s4)c(-c4ccccc4)c3-c3ccccc3)cc2s1. The van der Waals surface area contributed by atoms with Crippen LogP contribution in [0.15, 0.2) is 84.9 Å². The molecule has 5 aromatic heterocycles. The monoisotopic (exact) mass is 592 g/mol. The predicted octanol–water partition coefficient (Wildman–Crippen LogP) is 12.6. The van der Waals surface area contributed by atoms with E-state index in [0.29, 0.717) is 0 Å². The minimum atomic E-state index is 1.25. The van der Waals surface area contributed by atoms with Crippen molar-refractivity contribution in [1.29, 1.82) is 0 Å². The fourth-order valence-electron chi connectivity index (χ4n) is 4.91. The summed E-state index contributed by atoms with van der Waals surface area (Å²) in [5.41, 5.74) is 5.11. The van der Waals surface area contributed by atoms with Crippen LogP contribution in [0.2, 0.25) is 0 Å². The molecule has 7 aromatic rings. The van der Waals surface area contributed by atoms with Crippen molar-refractivity contribution >= 4 is 99.8 Å². The first-order valence-electron chi connectivity index (χ1n) is 12.7. The Hall–Kier alpha value is -3.06. The van der Waals surface area contributed by atoms with Gasteiger partial charge in [0.25, 0.3) is 0 Å². The van der Waals surface area contributed by atoms with Crippen LogP contribution < -0.4 is 0 Å². The maximum Gasteiger partial charge on any atom is 0.0459 e. The molecule has 5 heteroatoms. The molecule has 0 amide bonds. The highest BCUT2D eigenvalue weighted by Crippen LogP contribution is 2.45. The minimum absolute atomic E-state index is 1.25. The number of fused-ring (bicyclic) bond motifs is 2. The van der Waals surface area contributed by atoms with Crippen LogP contribution in [0, 0.1) is 13.8 Å². The molecule has 39 heavy (non-hydrogen) atoms. The van der Waals surface area contributed by atoms with Gasteiger partial charge in [-0.15, -0.1) is 56.7 Å². The van der Waals surface area contributed by atoms with Gasteiger partial charge in [-0.3, -0.25) is 0 Å². The number of hydrogen-bond acceptors (Lipinski definition) is 5. The van der Waals surface area contributed by atoms with Gasteiger partial charge in [0.1, 0.15) is 0 Å². The molecular formula is C34H24S5. The summed E-state index contributed by atoms with van der Waals surface area (Å²) in [5, 5.41) is 0. The van der Waals surface area contributed by atoms with E-state index in [9.17, 15) is 0 Å². The third-order valence-electron chi connectivity index (χ3n) is 6.58. The molecule has 0 aliphatic rings. The quantitative estimate of drug-likeness (QED) is 0.180. The Morgan fingerprint density at radius 3 is 1.26 bits per heavy atom. The highest BCUT2D eigenvalue weighted by molar-refractivity contribution is 7.28. The standard InChI is InChI=1S/C34H24S5/c1-21-17-29-31(35-21)19-25(37-29)13-15-27-33(23-9-5-3-6-10-23)34(24-11-7-4-8-12-24)28(39-27)16-14-26-20-32-30(38-26)18-22(2)36-32/h3-20H,1-2H3/b15-13+,16-14+. The van der Waals surface area contributed by atoms with E-state index >= 15 is 0 Å². The average molecular weight is 593 g/mol. The van der Waals surface area contributed by atoms with Crippen molar-refractivity contribution in [2.75, 3.05) is 0 Å². The third-order valence-corrected chi connectivity index (χ3v) is 12.1. The molecule has 5 heterocycles. The summed E-state index contributed by atoms with van der Waals surface area (Å²) in [5.74, 6) is 0. The van der Waals surface area contributed by atoms with Gasteiger partial charge in [0, 0.05) is 59.2 Å². The summed E-state index contributed by atoms with van der Waals surface area (Å²) in [6, 6.07) is 30.9. The van der Waals surface area contributed by atoms with E-state index in [1.54, 1.807) is 0 Å². The van der Waals surface area contributed by atoms with Crippen molar-refractivity contribution in [3.63, 3.8) is 0 Å². The lowest BCUT2D eigenvalue weighted by atomic mass is 9.94. The molecule has 0 aliphatic carbocycles. The molecule has 0 bridgehead atoms. The molecule has 0 unspecified atom stereocenters. The van der Waals surface area contributed by atoms with Crippen LogP contribution in [0.25, 0.3) is 65.4 Å². The second-order valence-electron chi connectivity index (χ2n) is 9.45. The van der Waals surface area contributed by atoms with Gasteiger partial charge < -0.3 is 0 Å². The molecule has 0 spiro atoms. The van der Waals surface area contributed by atoms with Crippen molar-refractivity contribution in [3.8, 4) is 22.3 Å². The predicted molar refractivity (Wildman–Crippen MR) is 182 cm³/mol. The normalized spacial score (nSPS) is 12.2. The van der Waals surface area contributed by atoms with Crippen LogP contribution in [-0.2, 0) is 0 Å². The molecule has 2 aromatic carbocycles. The van der Waals surface area contributed by atoms with E-state index in [4.69, 9.17) is 0 Å². The Morgan fingerprint density at radius 2 is 0.846 bits per heavy atom. The van der Waals surface area contributed by atoms with E-state index < -0.39 is 0 Å². The summed E-state index contributed by atoms with van der Waals surface area (Å²) in [6.07, 6.45) is 9.23. The van der Waals surface area contributed by atoms with E-state index in [-0.39, 0.29) is 0 Å². The van der Waals surface area contributed by atoms with Gasteiger partial charge in [0.2, 0.25) is 0 Å². The first-order valence-corrected chi connectivity index (χ1v) is 16.8. The zero-order valence-electron chi connectivity index (χ0n) is 21.4. The molecule has 190 valence electrons. The van der Waals surface area contributed by atoms with Crippen molar-refractivity contribution in [3.05, 3.63) is 114 Å². The third kappa shape index (κ3) is 5.02. The number of aryl methyl sites for hydroxylation is 2. The fraction of sp³-hybridized carbons (Fsp3) is 0.0588. The lowest BCUT2D eigenvalue weighted by Gasteiger charge is -2.08. The van der Waals surface area contributed by atoms with Gasteiger partial charge in [0.15, 0.2) is 0 Å². The number of rotatable bonds is 6. The van der Waals surface area contributed by atoms with Gasteiger partial charge in [-0.25, -0.2) is 0 Å². The molecule has 0 saturated heterocycles. The van der Waals surface area contributed by atoms with Crippen LogP contribution >= 0.6 is 56.7 Å². The van der Waals surface area contributed by atoms with Crippen molar-refractivity contribution in [2.24, 2.45) is 0 Å². The minimum Gasteiger partial charge on any atom is -0.140 e. The smallest absolute Gasteiger partial charge is 0.0459 e. The molecular weight excluding hydrogens is 569 g/mol. The lowest BCUT2D eigenvalue weighted by molar-refractivity contribution is 1.62. The Labute approximate surface area is 248 Å². The topological polar surface area (TPSA) is 0 Å². The van der Waals surface area contributed by atoms with Gasteiger partial charge in [-0.1, -0.05) is 60.7 Å². The Morgan fingerprint density at radius 1 is 0.436 bits per heavy atom. The van der Waals surface area contributed by atoms with E-state index in [2.05, 4.69) is 123 Å². The van der Waals surface area contributed by atoms with E-state index in [0.717, 1.165) is 0 Å². The molecule has 7 rings (SSSR count). The van der Waals surface area contributed by atoms with Crippen molar-refractivity contribution in [2.45, 2.75) is 13.8 Å². The Bertz CT molecular complexity index is 1760. The summed E-state index contributed by atoms with van der Waals surface area (Å²) in [7, 11) is 0. The Kier molecular flexibility index (Phi) is 6.71. The zero-order chi connectivity index (χ0) is 26.3. The molecule has 0 radical (unpaired) electrons. The van der Waals surface area contributed by atoms with Crippen LogP contribution in [0.5, 0.6) is 0 Å². The zero-order valence-corrected chi connectivity index (χ0v) is 25.5. The van der Waals surface area contributed by atoms with Gasteiger partial charge in [0.05, 0.1) is 0 Å². The molecule has 0 aliphatic heterocycles. The summed E-state index contributed by atoms with van der Waals surface area (Å²) < 4.78 is 5.52. The first-order chi connectivity index (χ1) is 19.1. The molecule has 0 atom stereocenters. The van der Waals surface area contributed by atoms with Gasteiger partial charge in [-0.2, -0.15) is 0 Å². The highest BCUT2D eigenvalue weighted by Gasteiger charge is 2.19. The van der Waals surface area contributed by atoms with Crippen LogP contribution in [0.4, 0.5) is 0 Å². The highest BCUT2D eigenvalue weighted by atomic mass is 32.1. The number of benzene rings is 2. The van der Waals surface area contributed by atoms with Crippen LogP contribution in [-0.4, -0.2) is 0 Å². The summed E-state index contributed by atoms with van der Waals surface area (Å²) >= 11 is 9.38. The fourth-order valence-corrected chi connectivity index (χ4v) is 10.5. The Balaban J connectivity index is 1.37. The summed E-state index contributed by atoms with van der Waals surface area (Å²) in [4.78, 5) is 7.93.